The van der Waals surface area contributed by atoms with Gasteiger partial charge in [0.1, 0.15) is 11.5 Å². The molecule has 0 radical (unpaired) electrons. The fourth-order valence-electron chi connectivity index (χ4n) is 3.59. The van der Waals surface area contributed by atoms with Crippen molar-refractivity contribution < 1.29 is 13.9 Å². The van der Waals surface area contributed by atoms with Crippen LogP contribution in [0.25, 0.3) is 0 Å². The molecule has 3 aromatic rings. The lowest BCUT2D eigenvalue weighted by atomic mass is 10.1. The average Bonchev–Trinajstić information content (AvgIpc) is 3.25. The maximum atomic E-state index is 12.6. The van der Waals surface area contributed by atoms with Gasteiger partial charge in [-0.15, -0.1) is 0 Å². The van der Waals surface area contributed by atoms with Gasteiger partial charge in [-0.1, -0.05) is 42.5 Å². The summed E-state index contributed by atoms with van der Waals surface area (Å²) in [6.45, 7) is 10.1. The molecular weight excluding hydrogens is 388 g/mol. The van der Waals surface area contributed by atoms with Crippen molar-refractivity contribution in [1.29, 1.82) is 0 Å². The van der Waals surface area contributed by atoms with Gasteiger partial charge in [-0.3, -0.25) is 9.69 Å². The number of amides is 1. The summed E-state index contributed by atoms with van der Waals surface area (Å²) in [5, 5.41) is 0. The summed E-state index contributed by atoms with van der Waals surface area (Å²) in [4.78, 5) is 16.7. The Bertz CT molecular complexity index is 931. The molecule has 0 N–H and O–H groups in total. The molecule has 5 heteroatoms. The van der Waals surface area contributed by atoms with Crippen LogP contribution in [0.1, 0.15) is 48.2 Å². The fraction of sp³-hybridized carbons (Fsp3) is 0.346. The van der Waals surface area contributed by atoms with Crippen molar-refractivity contribution in [2.45, 2.75) is 40.4 Å². The quantitative estimate of drug-likeness (QED) is 0.419. The molecule has 0 saturated heterocycles. The first-order valence-electron chi connectivity index (χ1n) is 11.0. The van der Waals surface area contributed by atoms with Crippen molar-refractivity contribution in [3.05, 3.63) is 89.4 Å². The van der Waals surface area contributed by atoms with Gasteiger partial charge in [0.15, 0.2) is 5.76 Å². The lowest BCUT2D eigenvalue weighted by Gasteiger charge is -2.22. The van der Waals surface area contributed by atoms with Crippen molar-refractivity contribution in [1.82, 2.24) is 9.80 Å². The van der Waals surface area contributed by atoms with Crippen LogP contribution in [0.15, 0.2) is 71.1 Å². The summed E-state index contributed by atoms with van der Waals surface area (Å²) >= 11 is 0. The van der Waals surface area contributed by atoms with Crippen molar-refractivity contribution in [2.24, 2.45) is 0 Å². The minimum Gasteiger partial charge on any atom is -0.494 e. The Morgan fingerprint density at radius 2 is 1.45 bits per heavy atom. The first kappa shape index (κ1) is 22.6. The van der Waals surface area contributed by atoms with Gasteiger partial charge in [0.25, 0.3) is 5.91 Å². The molecule has 1 aromatic heterocycles. The molecule has 0 bridgehead atoms. The second-order valence-corrected chi connectivity index (χ2v) is 7.45. The molecule has 0 atom stereocenters. The standard InChI is InChI=1S/C26H32N2O3/c1-4-28(5-2)26(29)25-17-16-24(31-25)20-27(18-21-10-8-7-9-11-21)19-22-12-14-23(15-13-22)30-6-3/h7-17H,4-6,18-20H2,1-3H3. The number of nitrogens with zero attached hydrogens (tertiary/aromatic N) is 2. The van der Waals surface area contributed by atoms with E-state index in [1.54, 1.807) is 11.0 Å². The number of hydrogen-bond donors (Lipinski definition) is 0. The molecule has 0 unspecified atom stereocenters. The highest BCUT2D eigenvalue weighted by atomic mass is 16.5. The first-order valence-corrected chi connectivity index (χ1v) is 11.0. The lowest BCUT2D eigenvalue weighted by molar-refractivity contribution is 0.0736. The van der Waals surface area contributed by atoms with E-state index in [9.17, 15) is 4.79 Å². The van der Waals surface area contributed by atoms with E-state index in [-0.39, 0.29) is 5.91 Å². The third-order valence-electron chi connectivity index (χ3n) is 5.19. The summed E-state index contributed by atoms with van der Waals surface area (Å²) < 4.78 is 11.5. The minimum atomic E-state index is -0.0580. The maximum absolute atomic E-state index is 12.6. The third-order valence-corrected chi connectivity index (χ3v) is 5.19. The van der Waals surface area contributed by atoms with E-state index in [0.29, 0.717) is 32.0 Å². The van der Waals surface area contributed by atoms with Crippen LogP contribution >= 0.6 is 0 Å². The molecule has 0 aliphatic carbocycles. The number of ether oxygens (including phenoxy) is 1. The van der Waals surface area contributed by atoms with E-state index in [2.05, 4.69) is 41.3 Å². The van der Waals surface area contributed by atoms with E-state index in [4.69, 9.17) is 9.15 Å². The molecule has 0 fully saturated rings. The third kappa shape index (κ3) is 6.46. The van der Waals surface area contributed by atoms with Gasteiger partial charge in [-0.25, -0.2) is 0 Å². The predicted molar refractivity (Wildman–Crippen MR) is 123 cm³/mol. The number of hydrogen-bond acceptors (Lipinski definition) is 4. The first-order chi connectivity index (χ1) is 15.1. The van der Waals surface area contributed by atoms with Gasteiger partial charge >= 0.3 is 0 Å². The van der Waals surface area contributed by atoms with Crippen LogP contribution in [0.5, 0.6) is 5.75 Å². The molecule has 164 valence electrons. The van der Waals surface area contributed by atoms with Crippen LogP contribution in [0.4, 0.5) is 0 Å². The Hall–Kier alpha value is -3.05. The second-order valence-electron chi connectivity index (χ2n) is 7.45. The number of benzene rings is 2. The molecule has 3 rings (SSSR count). The Labute approximate surface area is 185 Å². The number of carbonyl (C=O) groups is 1. The highest BCUT2D eigenvalue weighted by Crippen LogP contribution is 2.19. The molecule has 0 saturated carbocycles. The van der Waals surface area contributed by atoms with Crippen molar-refractivity contribution in [3.8, 4) is 5.75 Å². The number of carbonyl (C=O) groups excluding carboxylic acids is 1. The Kier molecular flexibility index (Phi) is 8.30. The van der Waals surface area contributed by atoms with Gasteiger partial charge in [0, 0.05) is 26.2 Å². The van der Waals surface area contributed by atoms with E-state index >= 15 is 0 Å². The zero-order valence-electron chi connectivity index (χ0n) is 18.7. The summed E-state index contributed by atoms with van der Waals surface area (Å²) in [6, 6.07) is 22.3. The molecule has 5 nitrogen and oxygen atoms in total. The summed E-state index contributed by atoms with van der Waals surface area (Å²) in [5.74, 6) is 2.01. The number of rotatable bonds is 11. The summed E-state index contributed by atoms with van der Waals surface area (Å²) in [5.41, 5.74) is 2.44. The van der Waals surface area contributed by atoms with Crippen LogP contribution in [0, 0.1) is 0 Å². The molecule has 31 heavy (non-hydrogen) atoms. The Morgan fingerprint density at radius 1 is 0.806 bits per heavy atom. The second kappa shape index (κ2) is 11.4. The predicted octanol–water partition coefficient (Wildman–Crippen LogP) is 5.36. The molecule has 2 aromatic carbocycles. The average molecular weight is 421 g/mol. The van der Waals surface area contributed by atoms with Gasteiger partial charge < -0.3 is 14.1 Å². The van der Waals surface area contributed by atoms with E-state index in [1.807, 2.05) is 45.0 Å². The molecule has 0 aliphatic heterocycles. The topological polar surface area (TPSA) is 45.9 Å². The fourth-order valence-corrected chi connectivity index (χ4v) is 3.59. The molecule has 1 amide bonds. The lowest BCUT2D eigenvalue weighted by Crippen LogP contribution is -2.30. The zero-order chi connectivity index (χ0) is 22.1. The largest absolute Gasteiger partial charge is 0.494 e. The van der Waals surface area contributed by atoms with Gasteiger partial charge in [0.05, 0.1) is 13.2 Å². The highest BCUT2D eigenvalue weighted by molar-refractivity contribution is 5.91. The van der Waals surface area contributed by atoms with Crippen LogP contribution in [-0.4, -0.2) is 35.4 Å². The Balaban J connectivity index is 1.74. The van der Waals surface area contributed by atoms with Crippen LogP contribution in [0.3, 0.4) is 0 Å². The Morgan fingerprint density at radius 3 is 2.06 bits per heavy atom. The van der Waals surface area contributed by atoms with E-state index in [1.165, 1.54) is 11.1 Å². The molecule has 1 heterocycles. The van der Waals surface area contributed by atoms with Gasteiger partial charge in [0.2, 0.25) is 0 Å². The van der Waals surface area contributed by atoms with E-state index in [0.717, 1.165) is 24.6 Å². The van der Waals surface area contributed by atoms with Crippen molar-refractivity contribution >= 4 is 5.91 Å². The SMILES string of the molecule is CCOc1ccc(CN(Cc2ccccc2)Cc2ccc(C(=O)N(CC)CC)o2)cc1. The summed E-state index contributed by atoms with van der Waals surface area (Å²) in [7, 11) is 0. The zero-order valence-corrected chi connectivity index (χ0v) is 18.7. The minimum absolute atomic E-state index is 0.0580. The highest BCUT2D eigenvalue weighted by Gasteiger charge is 2.18. The number of furan rings is 1. The summed E-state index contributed by atoms with van der Waals surface area (Å²) in [6.07, 6.45) is 0. The normalized spacial score (nSPS) is 11.0. The molecule has 0 spiro atoms. The van der Waals surface area contributed by atoms with Crippen LogP contribution in [0.2, 0.25) is 0 Å². The maximum Gasteiger partial charge on any atom is 0.289 e. The van der Waals surface area contributed by atoms with Crippen LogP contribution in [-0.2, 0) is 19.6 Å². The van der Waals surface area contributed by atoms with Crippen molar-refractivity contribution in [2.75, 3.05) is 19.7 Å². The van der Waals surface area contributed by atoms with Gasteiger partial charge in [-0.05, 0) is 56.2 Å². The monoisotopic (exact) mass is 420 g/mol. The van der Waals surface area contributed by atoms with Crippen molar-refractivity contribution in [3.63, 3.8) is 0 Å². The molecule has 0 aliphatic rings. The molecular formula is C26H32N2O3. The van der Waals surface area contributed by atoms with E-state index < -0.39 is 0 Å². The smallest absolute Gasteiger partial charge is 0.289 e. The van der Waals surface area contributed by atoms with Gasteiger partial charge in [-0.2, -0.15) is 0 Å². The van der Waals surface area contributed by atoms with Crippen LogP contribution < -0.4 is 4.74 Å².